The van der Waals surface area contributed by atoms with Crippen LogP contribution in [-0.2, 0) is 13.0 Å². The summed E-state index contributed by atoms with van der Waals surface area (Å²) in [6.07, 6.45) is 0.818. The Hall–Kier alpha value is -2.17. The number of nitrogens with zero attached hydrogens (tertiary/aromatic N) is 4. The van der Waals surface area contributed by atoms with Crippen LogP contribution in [0.1, 0.15) is 29.7 Å². The Kier molecular flexibility index (Phi) is 4.73. The average Bonchev–Trinajstić information content (AvgIpc) is 2.47. The van der Waals surface area contributed by atoms with Gasteiger partial charge in [-0.05, 0) is 26.0 Å². The van der Waals surface area contributed by atoms with Gasteiger partial charge in [-0.25, -0.2) is 9.97 Å². The van der Waals surface area contributed by atoms with Gasteiger partial charge in [0.15, 0.2) is 0 Å². The maximum absolute atomic E-state index is 4.66. The van der Waals surface area contributed by atoms with Gasteiger partial charge in [-0.15, -0.1) is 0 Å². The molecule has 0 unspecified atom stereocenters. The zero-order valence-electron chi connectivity index (χ0n) is 13.4. The van der Waals surface area contributed by atoms with Crippen LogP contribution in [-0.4, -0.2) is 29.0 Å². The molecule has 21 heavy (non-hydrogen) atoms. The van der Waals surface area contributed by atoms with E-state index in [0.717, 1.165) is 47.4 Å². The molecule has 112 valence electrons. The van der Waals surface area contributed by atoms with Crippen molar-refractivity contribution >= 4 is 11.6 Å². The molecule has 2 aromatic heterocycles. The molecule has 0 spiro atoms. The van der Waals surface area contributed by atoms with Crippen LogP contribution < -0.4 is 10.2 Å². The van der Waals surface area contributed by atoms with Gasteiger partial charge in [-0.3, -0.25) is 4.98 Å². The fraction of sp³-hybridized carbons (Fsp3) is 0.438. The van der Waals surface area contributed by atoms with E-state index >= 15 is 0 Å². The zero-order valence-corrected chi connectivity index (χ0v) is 13.4. The predicted molar refractivity (Wildman–Crippen MR) is 86.8 cm³/mol. The van der Waals surface area contributed by atoms with Gasteiger partial charge in [0.05, 0.1) is 12.2 Å². The number of hydrogen-bond donors (Lipinski definition) is 1. The second-order valence-corrected chi connectivity index (χ2v) is 5.17. The van der Waals surface area contributed by atoms with Crippen molar-refractivity contribution in [2.75, 3.05) is 24.3 Å². The summed E-state index contributed by atoms with van der Waals surface area (Å²) in [7, 11) is 3.93. The molecule has 0 amide bonds. The van der Waals surface area contributed by atoms with Gasteiger partial charge in [-0.1, -0.05) is 13.0 Å². The highest BCUT2D eigenvalue weighted by Gasteiger charge is 2.13. The molecule has 0 saturated carbocycles. The van der Waals surface area contributed by atoms with Gasteiger partial charge in [-0.2, -0.15) is 0 Å². The van der Waals surface area contributed by atoms with Crippen molar-refractivity contribution in [1.29, 1.82) is 0 Å². The second kappa shape index (κ2) is 6.52. The maximum Gasteiger partial charge on any atom is 0.137 e. The molecule has 1 N–H and O–H groups in total. The molecular formula is C16H23N5. The lowest BCUT2D eigenvalue weighted by atomic mass is 10.2. The number of nitrogens with one attached hydrogen (secondary N) is 1. The number of pyridine rings is 1. The zero-order chi connectivity index (χ0) is 15.4. The van der Waals surface area contributed by atoms with E-state index in [9.17, 15) is 0 Å². The molecule has 0 atom stereocenters. The molecule has 0 bridgehead atoms. The Bertz CT molecular complexity index is 624. The van der Waals surface area contributed by atoms with Crippen molar-refractivity contribution in [2.45, 2.75) is 33.7 Å². The SMILES string of the molecule is CCc1nc(NC)c(C)c(N(C)Cc2cccc(C)n2)n1. The molecule has 0 aromatic carbocycles. The Morgan fingerprint density at radius 2 is 1.90 bits per heavy atom. The van der Waals surface area contributed by atoms with Crippen molar-refractivity contribution in [3.8, 4) is 0 Å². The first kappa shape index (κ1) is 15.2. The van der Waals surface area contributed by atoms with Gasteiger partial charge in [0.25, 0.3) is 0 Å². The summed E-state index contributed by atoms with van der Waals surface area (Å²) < 4.78 is 0. The minimum atomic E-state index is 0.728. The standard InChI is InChI=1S/C16H23N5/c1-6-14-19-15(17-4)12(3)16(20-14)21(5)10-13-9-7-8-11(2)18-13/h7-9H,6,10H2,1-5H3,(H,17,19,20). The van der Waals surface area contributed by atoms with E-state index in [-0.39, 0.29) is 0 Å². The lowest BCUT2D eigenvalue weighted by Crippen LogP contribution is -2.21. The van der Waals surface area contributed by atoms with Crippen LogP contribution in [0.4, 0.5) is 11.6 Å². The van der Waals surface area contributed by atoms with Gasteiger partial charge in [0.1, 0.15) is 17.5 Å². The van der Waals surface area contributed by atoms with Gasteiger partial charge in [0.2, 0.25) is 0 Å². The minimum absolute atomic E-state index is 0.728. The van der Waals surface area contributed by atoms with Crippen LogP contribution in [0.5, 0.6) is 0 Å². The summed E-state index contributed by atoms with van der Waals surface area (Å²) in [6, 6.07) is 6.09. The monoisotopic (exact) mass is 285 g/mol. The first-order chi connectivity index (χ1) is 10.0. The lowest BCUT2D eigenvalue weighted by molar-refractivity contribution is 0.829. The quantitative estimate of drug-likeness (QED) is 0.915. The smallest absolute Gasteiger partial charge is 0.137 e. The molecule has 2 heterocycles. The van der Waals surface area contributed by atoms with E-state index in [2.05, 4.69) is 32.1 Å². The molecule has 0 aliphatic heterocycles. The van der Waals surface area contributed by atoms with Crippen LogP contribution in [0.25, 0.3) is 0 Å². The highest BCUT2D eigenvalue weighted by molar-refractivity contribution is 5.58. The largest absolute Gasteiger partial charge is 0.373 e. The van der Waals surface area contributed by atoms with Crippen molar-refractivity contribution in [2.24, 2.45) is 0 Å². The molecule has 0 aliphatic rings. The van der Waals surface area contributed by atoms with E-state index in [1.807, 2.05) is 46.1 Å². The molecule has 0 saturated heterocycles. The number of hydrogen-bond acceptors (Lipinski definition) is 5. The highest BCUT2D eigenvalue weighted by Crippen LogP contribution is 2.23. The molecule has 0 aliphatic carbocycles. The van der Waals surface area contributed by atoms with E-state index in [1.165, 1.54) is 0 Å². The summed E-state index contributed by atoms with van der Waals surface area (Å²) in [5.41, 5.74) is 3.13. The van der Waals surface area contributed by atoms with E-state index < -0.39 is 0 Å². The highest BCUT2D eigenvalue weighted by atomic mass is 15.2. The van der Waals surface area contributed by atoms with Crippen LogP contribution in [0, 0.1) is 13.8 Å². The second-order valence-electron chi connectivity index (χ2n) is 5.17. The predicted octanol–water partition coefficient (Wildman–Crippen LogP) is 2.73. The third-order valence-corrected chi connectivity index (χ3v) is 3.43. The van der Waals surface area contributed by atoms with Gasteiger partial charge < -0.3 is 10.2 Å². The Morgan fingerprint density at radius 3 is 2.52 bits per heavy atom. The van der Waals surface area contributed by atoms with Crippen molar-refractivity contribution in [1.82, 2.24) is 15.0 Å². The van der Waals surface area contributed by atoms with Crippen molar-refractivity contribution < 1.29 is 0 Å². The summed E-state index contributed by atoms with van der Waals surface area (Å²) in [6.45, 7) is 6.84. The van der Waals surface area contributed by atoms with Crippen LogP contribution in [0.3, 0.4) is 0 Å². The summed E-state index contributed by atoms with van der Waals surface area (Å²) >= 11 is 0. The fourth-order valence-corrected chi connectivity index (χ4v) is 2.33. The van der Waals surface area contributed by atoms with Crippen molar-refractivity contribution in [3.05, 3.63) is 41.0 Å². The first-order valence-electron chi connectivity index (χ1n) is 7.24. The summed E-state index contributed by atoms with van der Waals surface area (Å²) in [5, 5.41) is 3.14. The average molecular weight is 285 g/mol. The molecule has 5 heteroatoms. The van der Waals surface area contributed by atoms with E-state index in [1.54, 1.807) is 0 Å². The van der Waals surface area contributed by atoms with Crippen molar-refractivity contribution in [3.63, 3.8) is 0 Å². The topological polar surface area (TPSA) is 53.9 Å². The maximum atomic E-state index is 4.66. The summed E-state index contributed by atoms with van der Waals surface area (Å²) in [5.74, 6) is 2.69. The van der Waals surface area contributed by atoms with Gasteiger partial charge in [0, 0.05) is 31.8 Å². The summed E-state index contributed by atoms with van der Waals surface area (Å²) in [4.78, 5) is 15.9. The Labute approximate surface area is 126 Å². The van der Waals surface area contributed by atoms with Gasteiger partial charge >= 0.3 is 0 Å². The number of anilines is 2. The molecule has 5 nitrogen and oxygen atoms in total. The first-order valence-corrected chi connectivity index (χ1v) is 7.24. The van der Waals surface area contributed by atoms with Crippen LogP contribution in [0.2, 0.25) is 0 Å². The fourth-order valence-electron chi connectivity index (χ4n) is 2.33. The Balaban J connectivity index is 2.32. The van der Waals surface area contributed by atoms with E-state index in [0.29, 0.717) is 0 Å². The lowest BCUT2D eigenvalue weighted by Gasteiger charge is -2.22. The molecule has 0 radical (unpaired) electrons. The number of rotatable bonds is 5. The molecule has 2 aromatic rings. The molecule has 0 fully saturated rings. The third kappa shape index (κ3) is 3.48. The minimum Gasteiger partial charge on any atom is -0.373 e. The number of aromatic nitrogens is 3. The number of aryl methyl sites for hydroxylation is 2. The normalized spacial score (nSPS) is 10.5. The third-order valence-electron chi connectivity index (χ3n) is 3.43. The molecular weight excluding hydrogens is 262 g/mol. The van der Waals surface area contributed by atoms with Crippen LogP contribution in [0.15, 0.2) is 18.2 Å². The van der Waals surface area contributed by atoms with E-state index in [4.69, 9.17) is 0 Å². The molecule has 2 rings (SSSR count). The Morgan fingerprint density at radius 1 is 1.14 bits per heavy atom. The van der Waals surface area contributed by atoms with Crippen LogP contribution >= 0.6 is 0 Å².